The highest BCUT2D eigenvalue weighted by Crippen LogP contribution is 2.35. The molecule has 0 nitrogen and oxygen atoms in total. The molecule has 0 saturated heterocycles. The molecular weight excluding hydrogens is 274 g/mol. The van der Waals surface area contributed by atoms with Crippen LogP contribution < -0.4 is 0 Å². The standard InChI is InChI=1S/C13H9BrF2/c14-13(15,16)12-8-6-11(7-9-12)10-4-2-1-3-5-10/h1-9H. The molecule has 0 aliphatic carbocycles. The topological polar surface area (TPSA) is 0 Å². The minimum atomic E-state index is -2.96. The van der Waals surface area contributed by atoms with E-state index in [0.29, 0.717) is 0 Å². The average molecular weight is 283 g/mol. The molecule has 0 fully saturated rings. The summed E-state index contributed by atoms with van der Waals surface area (Å²) in [6.45, 7) is 0. The summed E-state index contributed by atoms with van der Waals surface area (Å²) < 4.78 is 25.8. The van der Waals surface area contributed by atoms with E-state index in [9.17, 15) is 8.78 Å². The highest BCUT2D eigenvalue weighted by Gasteiger charge is 2.26. The monoisotopic (exact) mass is 282 g/mol. The number of hydrogen-bond acceptors (Lipinski definition) is 0. The van der Waals surface area contributed by atoms with E-state index in [1.165, 1.54) is 12.1 Å². The van der Waals surface area contributed by atoms with Crippen LogP contribution in [0, 0.1) is 0 Å². The van der Waals surface area contributed by atoms with Crippen molar-refractivity contribution in [3.05, 3.63) is 60.2 Å². The van der Waals surface area contributed by atoms with Crippen LogP contribution in [0.5, 0.6) is 0 Å². The zero-order valence-corrected chi connectivity index (χ0v) is 9.92. The van der Waals surface area contributed by atoms with Crippen LogP contribution in [0.4, 0.5) is 8.78 Å². The van der Waals surface area contributed by atoms with Gasteiger partial charge in [0, 0.05) is 5.56 Å². The summed E-state index contributed by atoms with van der Waals surface area (Å²) in [5, 5.41) is 0. The Balaban J connectivity index is 2.34. The Hall–Kier alpha value is -1.22. The molecule has 0 amide bonds. The van der Waals surface area contributed by atoms with Crippen LogP contribution in [0.1, 0.15) is 5.56 Å². The Labute approximate surface area is 101 Å². The fraction of sp³-hybridized carbons (Fsp3) is 0.0769. The van der Waals surface area contributed by atoms with Crippen molar-refractivity contribution >= 4 is 15.9 Å². The molecule has 3 heteroatoms. The molecule has 16 heavy (non-hydrogen) atoms. The lowest BCUT2D eigenvalue weighted by atomic mass is 10.0. The summed E-state index contributed by atoms with van der Waals surface area (Å²) in [4.78, 5) is -2.96. The molecular formula is C13H9BrF2. The maximum absolute atomic E-state index is 12.9. The Morgan fingerprint density at radius 3 is 1.75 bits per heavy atom. The van der Waals surface area contributed by atoms with Gasteiger partial charge in [0.1, 0.15) is 0 Å². The molecule has 0 aliphatic rings. The third-order valence-corrected chi connectivity index (χ3v) is 2.78. The summed E-state index contributed by atoms with van der Waals surface area (Å²) in [5.74, 6) is 0. The van der Waals surface area contributed by atoms with Gasteiger partial charge in [-0.25, -0.2) is 0 Å². The normalized spacial score (nSPS) is 11.4. The zero-order valence-electron chi connectivity index (χ0n) is 8.33. The number of alkyl halides is 3. The van der Waals surface area contributed by atoms with Gasteiger partial charge < -0.3 is 0 Å². The second-order valence-electron chi connectivity index (χ2n) is 3.44. The molecule has 82 valence electrons. The van der Waals surface area contributed by atoms with Crippen LogP contribution >= 0.6 is 15.9 Å². The minimum absolute atomic E-state index is 0.0350. The van der Waals surface area contributed by atoms with Gasteiger partial charge in [-0.1, -0.05) is 54.6 Å². The molecule has 2 rings (SSSR count). The Morgan fingerprint density at radius 2 is 1.25 bits per heavy atom. The number of benzene rings is 2. The van der Waals surface area contributed by atoms with E-state index in [4.69, 9.17) is 0 Å². The number of halogens is 3. The molecule has 0 aliphatic heterocycles. The molecule has 2 aromatic carbocycles. The van der Waals surface area contributed by atoms with Gasteiger partial charge in [0.15, 0.2) is 0 Å². The van der Waals surface area contributed by atoms with Crippen LogP contribution in [0.2, 0.25) is 0 Å². The lowest BCUT2D eigenvalue weighted by molar-refractivity contribution is 0.114. The van der Waals surface area contributed by atoms with E-state index in [1.54, 1.807) is 12.1 Å². The van der Waals surface area contributed by atoms with Crippen LogP contribution in [0.25, 0.3) is 11.1 Å². The first kappa shape index (κ1) is 11.3. The average Bonchev–Trinajstić information content (AvgIpc) is 2.29. The maximum Gasteiger partial charge on any atom is 0.326 e. The first-order valence-corrected chi connectivity index (χ1v) is 5.59. The highest BCUT2D eigenvalue weighted by molar-refractivity contribution is 9.09. The van der Waals surface area contributed by atoms with Gasteiger partial charge in [0.2, 0.25) is 0 Å². The molecule has 0 atom stereocenters. The van der Waals surface area contributed by atoms with Crippen LogP contribution in [0.3, 0.4) is 0 Å². The van der Waals surface area contributed by atoms with Gasteiger partial charge in [-0.3, -0.25) is 0 Å². The lowest BCUT2D eigenvalue weighted by Gasteiger charge is -2.09. The quantitative estimate of drug-likeness (QED) is 0.694. The molecule has 0 N–H and O–H groups in total. The molecule has 0 unspecified atom stereocenters. The van der Waals surface area contributed by atoms with Gasteiger partial charge in [-0.05, 0) is 27.1 Å². The number of rotatable bonds is 2. The summed E-state index contributed by atoms with van der Waals surface area (Å²) in [6.07, 6.45) is 0. The molecule has 0 spiro atoms. The predicted molar refractivity (Wildman–Crippen MR) is 64.7 cm³/mol. The van der Waals surface area contributed by atoms with Crippen molar-refractivity contribution < 1.29 is 8.78 Å². The van der Waals surface area contributed by atoms with Crippen molar-refractivity contribution in [2.45, 2.75) is 4.83 Å². The van der Waals surface area contributed by atoms with E-state index in [-0.39, 0.29) is 5.56 Å². The van der Waals surface area contributed by atoms with Crippen molar-refractivity contribution in [1.29, 1.82) is 0 Å². The van der Waals surface area contributed by atoms with Crippen LogP contribution in [-0.4, -0.2) is 0 Å². The maximum atomic E-state index is 12.9. The summed E-state index contributed by atoms with van der Waals surface area (Å²) in [6, 6.07) is 15.9. The third kappa shape index (κ3) is 2.47. The van der Waals surface area contributed by atoms with E-state index >= 15 is 0 Å². The highest BCUT2D eigenvalue weighted by atomic mass is 79.9. The summed E-state index contributed by atoms with van der Waals surface area (Å²) >= 11 is 2.33. The van der Waals surface area contributed by atoms with Gasteiger partial charge in [0.25, 0.3) is 0 Å². The smallest absolute Gasteiger partial charge is 0.188 e. The van der Waals surface area contributed by atoms with E-state index in [2.05, 4.69) is 15.9 Å². The summed E-state index contributed by atoms with van der Waals surface area (Å²) in [7, 11) is 0. The van der Waals surface area contributed by atoms with Gasteiger partial charge in [-0.15, -0.1) is 0 Å². The van der Waals surface area contributed by atoms with Crippen LogP contribution in [-0.2, 0) is 4.83 Å². The fourth-order valence-electron chi connectivity index (χ4n) is 1.48. The van der Waals surface area contributed by atoms with Gasteiger partial charge in [0.05, 0.1) is 0 Å². The van der Waals surface area contributed by atoms with E-state index in [0.717, 1.165) is 11.1 Å². The van der Waals surface area contributed by atoms with Crippen molar-refractivity contribution in [2.24, 2.45) is 0 Å². The molecule has 2 aromatic rings. The second-order valence-corrected chi connectivity index (χ2v) is 4.44. The van der Waals surface area contributed by atoms with E-state index in [1.807, 2.05) is 30.3 Å². The van der Waals surface area contributed by atoms with Gasteiger partial charge in [-0.2, -0.15) is 8.78 Å². The first-order chi connectivity index (χ1) is 7.57. The predicted octanol–water partition coefficient (Wildman–Crippen LogP) is 4.80. The Kier molecular flexibility index (Phi) is 3.06. The Morgan fingerprint density at radius 1 is 0.750 bits per heavy atom. The first-order valence-electron chi connectivity index (χ1n) is 4.80. The van der Waals surface area contributed by atoms with Gasteiger partial charge >= 0.3 is 4.83 Å². The molecule has 0 radical (unpaired) electrons. The fourth-order valence-corrected chi connectivity index (χ4v) is 1.75. The Bertz CT molecular complexity index is 458. The third-order valence-electron chi connectivity index (χ3n) is 2.32. The molecule has 0 bridgehead atoms. The second kappa shape index (κ2) is 4.34. The van der Waals surface area contributed by atoms with Crippen molar-refractivity contribution in [3.8, 4) is 11.1 Å². The van der Waals surface area contributed by atoms with Crippen molar-refractivity contribution in [2.75, 3.05) is 0 Å². The SMILES string of the molecule is FC(F)(Br)c1ccc(-c2ccccc2)cc1. The lowest BCUT2D eigenvalue weighted by Crippen LogP contribution is -2.01. The molecule has 0 aromatic heterocycles. The van der Waals surface area contributed by atoms with Crippen LogP contribution in [0.15, 0.2) is 54.6 Å². The van der Waals surface area contributed by atoms with Crippen molar-refractivity contribution in [3.63, 3.8) is 0 Å². The summed E-state index contributed by atoms with van der Waals surface area (Å²) in [5.41, 5.74) is 1.92. The molecule has 0 heterocycles. The minimum Gasteiger partial charge on any atom is -0.188 e. The van der Waals surface area contributed by atoms with Crippen molar-refractivity contribution in [1.82, 2.24) is 0 Å². The zero-order chi connectivity index (χ0) is 11.6. The van der Waals surface area contributed by atoms with E-state index < -0.39 is 4.83 Å². The molecule has 0 saturated carbocycles. The largest absolute Gasteiger partial charge is 0.326 e. The number of hydrogen-bond donors (Lipinski definition) is 0.